The van der Waals surface area contributed by atoms with Crippen molar-refractivity contribution in [1.82, 2.24) is 0 Å². The van der Waals surface area contributed by atoms with E-state index in [2.05, 4.69) is 0 Å². The minimum atomic E-state index is -0.00429. The third-order valence-corrected chi connectivity index (χ3v) is 3.23. The molecule has 15 heavy (non-hydrogen) atoms. The second kappa shape index (κ2) is 5.76. The Morgan fingerprint density at radius 2 is 1.87 bits per heavy atom. The van der Waals surface area contributed by atoms with Gasteiger partial charge in [-0.1, -0.05) is 47.8 Å². The normalized spacial score (nSPS) is 11.9. The Kier molecular flexibility index (Phi) is 4.94. The van der Waals surface area contributed by atoms with Gasteiger partial charge in [-0.25, -0.2) is 0 Å². The van der Waals surface area contributed by atoms with Gasteiger partial charge in [-0.2, -0.15) is 0 Å². The lowest BCUT2D eigenvalue weighted by atomic mass is 10.1. The Morgan fingerprint density at radius 3 is 2.40 bits per heavy atom. The van der Waals surface area contributed by atoms with Crippen molar-refractivity contribution in [3.05, 3.63) is 38.3 Å². The molecular formula is C11H11Cl3O. The molecule has 0 spiro atoms. The number of hydrogen-bond donors (Lipinski definition) is 1. The zero-order chi connectivity index (χ0) is 11.4. The first-order valence-electron chi connectivity index (χ1n) is 4.54. The van der Waals surface area contributed by atoms with E-state index in [1.807, 2.05) is 6.92 Å². The first-order chi connectivity index (χ1) is 7.10. The highest BCUT2D eigenvalue weighted by Crippen LogP contribution is 2.33. The lowest BCUT2D eigenvalue weighted by molar-refractivity contribution is 0.329. The van der Waals surface area contributed by atoms with E-state index >= 15 is 0 Å². The molecule has 0 aromatic heterocycles. The molecule has 4 heteroatoms. The number of benzene rings is 1. The summed E-state index contributed by atoms with van der Waals surface area (Å²) in [6, 6.07) is 3.33. The van der Waals surface area contributed by atoms with Gasteiger partial charge in [-0.3, -0.25) is 0 Å². The van der Waals surface area contributed by atoms with E-state index in [-0.39, 0.29) is 6.61 Å². The van der Waals surface area contributed by atoms with Gasteiger partial charge in [0, 0.05) is 10.6 Å². The Hall–Kier alpha value is -0.210. The minimum absolute atomic E-state index is 0.00429. The predicted octanol–water partition coefficient (Wildman–Crippen LogP) is 4.43. The third-order valence-electron chi connectivity index (χ3n) is 2.09. The van der Waals surface area contributed by atoms with Crippen LogP contribution in [-0.2, 0) is 0 Å². The van der Waals surface area contributed by atoms with Crippen LogP contribution in [-0.4, -0.2) is 11.7 Å². The maximum Gasteiger partial charge on any atom is 0.0679 e. The standard InChI is InChI=1S/C11H11Cl3O/c1-2-7(6-15)5-8-9(12)3-4-10(13)11(8)14/h3-5,15H,2,6H2,1H3/b7-5-. The van der Waals surface area contributed by atoms with Crippen LogP contribution >= 0.6 is 34.8 Å². The summed E-state index contributed by atoms with van der Waals surface area (Å²) < 4.78 is 0. The van der Waals surface area contributed by atoms with Crippen molar-refractivity contribution >= 4 is 40.9 Å². The van der Waals surface area contributed by atoms with E-state index in [9.17, 15) is 0 Å². The molecule has 0 fully saturated rings. The van der Waals surface area contributed by atoms with Gasteiger partial charge in [0.2, 0.25) is 0 Å². The number of halogens is 3. The van der Waals surface area contributed by atoms with Gasteiger partial charge in [0.25, 0.3) is 0 Å². The summed E-state index contributed by atoms with van der Waals surface area (Å²) in [5.41, 5.74) is 1.53. The highest BCUT2D eigenvalue weighted by molar-refractivity contribution is 6.44. The minimum Gasteiger partial charge on any atom is -0.392 e. The molecule has 1 aromatic carbocycles. The van der Waals surface area contributed by atoms with Gasteiger partial charge in [0.05, 0.1) is 16.7 Å². The van der Waals surface area contributed by atoms with Crippen molar-refractivity contribution in [1.29, 1.82) is 0 Å². The van der Waals surface area contributed by atoms with Crippen LogP contribution in [0.25, 0.3) is 6.08 Å². The molecule has 1 aromatic rings. The molecule has 0 heterocycles. The van der Waals surface area contributed by atoms with Gasteiger partial charge < -0.3 is 5.11 Å². The van der Waals surface area contributed by atoms with Crippen molar-refractivity contribution in [2.45, 2.75) is 13.3 Å². The van der Waals surface area contributed by atoms with Crippen LogP contribution in [0.15, 0.2) is 17.7 Å². The zero-order valence-corrected chi connectivity index (χ0v) is 10.5. The molecule has 0 aliphatic carbocycles. The van der Waals surface area contributed by atoms with E-state index in [1.165, 1.54) is 0 Å². The first kappa shape index (κ1) is 12.9. The third kappa shape index (κ3) is 3.12. The van der Waals surface area contributed by atoms with Crippen molar-refractivity contribution in [3.63, 3.8) is 0 Å². The maximum absolute atomic E-state index is 9.05. The van der Waals surface area contributed by atoms with E-state index < -0.39 is 0 Å². The number of rotatable bonds is 3. The molecule has 0 aliphatic rings. The predicted molar refractivity (Wildman–Crippen MR) is 66.8 cm³/mol. The maximum atomic E-state index is 9.05. The molecule has 0 bridgehead atoms. The Morgan fingerprint density at radius 1 is 1.27 bits per heavy atom. The van der Waals surface area contributed by atoms with E-state index in [0.717, 1.165) is 12.0 Å². The number of aliphatic hydroxyl groups is 1. The van der Waals surface area contributed by atoms with Gasteiger partial charge in [-0.05, 0) is 24.1 Å². The first-order valence-corrected chi connectivity index (χ1v) is 5.67. The van der Waals surface area contributed by atoms with E-state index in [4.69, 9.17) is 39.9 Å². The monoisotopic (exact) mass is 264 g/mol. The molecule has 0 saturated carbocycles. The fourth-order valence-corrected chi connectivity index (χ4v) is 1.78. The highest BCUT2D eigenvalue weighted by atomic mass is 35.5. The second-order valence-corrected chi connectivity index (χ2v) is 4.26. The van der Waals surface area contributed by atoms with Crippen LogP contribution in [0.2, 0.25) is 15.1 Å². The SMILES string of the molecule is CC/C(=C/c1c(Cl)ccc(Cl)c1Cl)CO. The number of aliphatic hydroxyl groups excluding tert-OH is 1. The van der Waals surface area contributed by atoms with Gasteiger partial charge in [-0.15, -0.1) is 0 Å². The van der Waals surface area contributed by atoms with Gasteiger partial charge in [0.15, 0.2) is 0 Å². The molecule has 0 atom stereocenters. The lowest BCUT2D eigenvalue weighted by Gasteiger charge is -2.06. The van der Waals surface area contributed by atoms with Crippen LogP contribution < -0.4 is 0 Å². The Bertz CT molecular complexity index is 380. The van der Waals surface area contributed by atoms with Crippen LogP contribution in [0.4, 0.5) is 0 Å². The summed E-state index contributed by atoms with van der Waals surface area (Å²) in [5.74, 6) is 0. The van der Waals surface area contributed by atoms with Crippen molar-refractivity contribution in [3.8, 4) is 0 Å². The summed E-state index contributed by atoms with van der Waals surface area (Å²) in [4.78, 5) is 0. The van der Waals surface area contributed by atoms with Crippen LogP contribution in [0.5, 0.6) is 0 Å². The van der Waals surface area contributed by atoms with Crippen LogP contribution in [0.1, 0.15) is 18.9 Å². The molecule has 82 valence electrons. The summed E-state index contributed by atoms with van der Waals surface area (Å²) in [7, 11) is 0. The second-order valence-electron chi connectivity index (χ2n) is 3.07. The highest BCUT2D eigenvalue weighted by Gasteiger charge is 2.07. The fourth-order valence-electron chi connectivity index (χ4n) is 1.14. The molecule has 1 rings (SSSR count). The van der Waals surface area contributed by atoms with E-state index in [1.54, 1.807) is 18.2 Å². The van der Waals surface area contributed by atoms with Crippen molar-refractivity contribution in [2.75, 3.05) is 6.61 Å². The molecule has 0 radical (unpaired) electrons. The zero-order valence-electron chi connectivity index (χ0n) is 8.23. The molecule has 1 N–H and O–H groups in total. The smallest absolute Gasteiger partial charge is 0.0679 e. The quantitative estimate of drug-likeness (QED) is 0.802. The molecule has 0 unspecified atom stereocenters. The average molecular weight is 266 g/mol. The largest absolute Gasteiger partial charge is 0.392 e. The molecule has 0 aliphatic heterocycles. The van der Waals surface area contributed by atoms with Gasteiger partial charge >= 0.3 is 0 Å². The van der Waals surface area contributed by atoms with E-state index in [0.29, 0.717) is 20.6 Å². The van der Waals surface area contributed by atoms with Crippen LogP contribution in [0, 0.1) is 0 Å². The van der Waals surface area contributed by atoms with Crippen molar-refractivity contribution < 1.29 is 5.11 Å². The summed E-state index contributed by atoms with van der Waals surface area (Å²) in [6.07, 6.45) is 2.52. The van der Waals surface area contributed by atoms with Crippen molar-refractivity contribution in [2.24, 2.45) is 0 Å². The summed E-state index contributed by atoms with van der Waals surface area (Å²) in [6.45, 7) is 1.95. The average Bonchev–Trinajstić information content (AvgIpc) is 2.24. The fraction of sp³-hybridized carbons (Fsp3) is 0.273. The summed E-state index contributed by atoms with van der Waals surface area (Å²) >= 11 is 17.9. The summed E-state index contributed by atoms with van der Waals surface area (Å²) in [5, 5.41) is 10.5. The number of hydrogen-bond acceptors (Lipinski definition) is 1. The Balaban J connectivity index is 3.24. The van der Waals surface area contributed by atoms with Crippen LogP contribution in [0.3, 0.4) is 0 Å². The molecule has 0 saturated heterocycles. The molecular weight excluding hydrogens is 254 g/mol. The molecule has 1 nitrogen and oxygen atoms in total. The topological polar surface area (TPSA) is 20.2 Å². The lowest BCUT2D eigenvalue weighted by Crippen LogP contribution is -1.89. The molecule has 0 amide bonds. The van der Waals surface area contributed by atoms with Gasteiger partial charge in [0.1, 0.15) is 0 Å². The Labute approximate surface area is 104 Å².